The lowest BCUT2D eigenvalue weighted by Crippen LogP contribution is -2.61. The number of phenols is 1. The normalized spacial score (nSPS) is 12.1. The van der Waals surface area contributed by atoms with Crippen LogP contribution in [0.2, 0.25) is 0 Å². The van der Waals surface area contributed by atoms with E-state index < -0.39 is 11.6 Å². The van der Waals surface area contributed by atoms with Crippen LogP contribution in [0.1, 0.15) is 49.4 Å². The number of carbonyl (C=O) groups is 3. The Balaban J connectivity index is 2.02. The van der Waals surface area contributed by atoms with Crippen molar-refractivity contribution in [2.75, 3.05) is 6.54 Å². The van der Waals surface area contributed by atoms with Crippen LogP contribution in [0.4, 0.5) is 0 Å². The van der Waals surface area contributed by atoms with Crippen molar-refractivity contribution in [2.24, 2.45) is 5.73 Å². The molecule has 0 aliphatic heterocycles. The van der Waals surface area contributed by atoms with Gasteiger partial charge in [-0.3, -0.25) is 19.8 Å². The van der Waals surface area contributed by atoms with Crippen LogP contribution in [0.15, 0.2) is 42.5 Å². The molecule has 0 aromatic heterocycles. The van der Waals surface area contributed by atoms with Crippen LogP contribution in [0.3, 0.4) is 0 Å². The predicted molar refractivity (Wildman–Crippen MR) is 132 cm³/mol. The molecule has 2 aromatic rings. The third kappa shape index (κ3) is 7.59. The molecule has 5 N–H and O–H groups in total. The number of nitrogens with two attached hydrogens (primary N) is 1. The van der Waals surface area contributed by atoms with Gasteiger partial charge < -0.3 is 16.2 Å². The number of aryl methyl sites for hydroxylation is 3. The van der Waals surface area contributed by atoms with Crippen LogP contribution in [-0.4, -0.2) is 46.0 Å². The lowest BCUT2D eigenvalue weighted by Gasteiger charge is -2.38. The fraction of sp³-hybridized carbons (Fsp3) is 0.423. The molecule has 0 radical (unpaired) electrons. The lowest BCUT2D eigenvalue weighted by atomic mass is 9.95. The van der Waals surface area contributed by atoms with Crippen LogP contribution in [0, 0.1) is 13.8 Å². The van der Waals surface area contributed by atoms with E-state index in [4.69, 9.17) is 5.73 Å². The Kier molecular flexibility index (Phi) is 9.20. The second-order valence-corrected chi connectivity index (χ2v) is 9.28. The highest BCUT2D eigenvalue weighted by atomic mass is 16.3. The van der Waals surface area contributed by atoms with Gasteiger partial charge in [0.05, 0.1) is 11.6 Å². The van der Waals surface area contributed by atoms with Crippen molar-refractivity contribution >= 4 is 17.7 Å². The number of carbonyl (C=O) groups excluding carboxylic acids is 3. The zero-order valence-electron chi connectivity index (χ0n) is 20.6. The summed E-state index contributed by atoms with van der Waals surface area (Å²) in [6.07, 6.45) is 1.06. The van der Waals surface area contributed by atoms with Crippen LogP contribution >= 0.6 is 0 Å². The van der Waals surface area contributed by atoms with Crippen molar-refractivity contribution < 1.29 is 19.5 Å². The molecule has 3 amide bonds. The van der Waals surface area contributed by atoms with Gasteiger partial charge in [-0.2, -0.15) is 0 Å². The Morgan fingerprint density at radius 1 is 1.09 bits per heavy atom. The first-order valence-corrected chi connectivity index (χ1v) is 11.4. The highest BCUT2D eigenvalue weighted by Crippen LogP contribution is 2.22. The smallest absolute Gasteiger partial charge is 0.241 e. The molecule has 1 atom stereocenters. The van der Waals surface area contributed by atoms with Gasteiger partial charge >= 0.3 is 0 Å². The molecule has 2 rings (SSSR count). The molecule has 0 aliphatic rings. The molecule has 0 heterocycles. The number of nitrogens with one attached hydrogen (secondary N) is 2. The van der Waals surface area contributed by atoms with Crippen molar-refractivity contribution in [1.82, 2.24) is 15.8 Å². The maximum Gasteiger partial charge on any atom is 0.241 e. The summed E-state index contributed by atoms with van der Waals surface area (Å²) in [7, 11) is 0. The molecule has 8 nitrogen and oxygen atoms in total. The number of hydrogen-bond acceptors (Lipinski definition) is 5. The maximum absolute atomic E-state index is 13.0. The Hall–Kier alpha value is -3.39. The fourth-order valence-corrected chi connectivity index (χ4v) is 3.84. The molecule has 8 heteroatoms. The average molecular weight is 469 g/mol. The van der Waals surface area contributed by atoms with E-state index in [1.807, 2.05) is 44.2 Å². The van der Waals surface area contributed by atoms with Crippen LogP contribution in [0.5, 0.6) is 5.75 Å². The minimum absolute atomic E-state index is 0.102. The van der Waals surface area contributed by atoms with Crippen molar-refractivity contribution in [3.05, 3.63) is 64.7 Å². The van der Waals surface area contributed by atoms with Crippen LogP contribution in [-0.2, 0) is 27.2 Å². The van der Waals surface area contributed by atoms with E-state index in [1.165, 1.54) is 11.9 Å². The highest BCUT2D eigenvalue weighted by Gasteiger charge is 2.33. The zero-order chi connectivity index (χ0) is 25.5. The van der Waals surface area contributed by atoms with Gasteiger partial charge in [-0.15, -0.1) is 0 Å². The Morgan fingerprint density at radius 2 is 1.68 bits per heavy atom. The van der Waals surface area contributed by atoms with E-state index in [0.717, 1.165) is 22.3 Å². The maximum atomic E-state index is 13.0. The molecule has 0 aliphatic carbocycles. The zero-order valence-corrected chi connectivity index (χ0v) is 20.6. The number of phenolic OH excluding ortho intramolecular Hbond substituents is 1. The second kappa shape index (κ2) is 11.7. The van der Waals surface area contributed by atoms with Gasteiger partial charge in [0.15, 0.2) is 0 Å². The number of hydrogen-bond donors (Lipinski definition) is 4. The Labute approximate surface area is 201 Å². The van der Waals surface area contributed by atoms with Crippen LogP contribution < -0.4 is 16.5 Å². The molecular formula is C26H36N4O4. The molecular weight excluding hydrogens is 432 g/mol. The molecule has 0 spiro atoms. The summed E-state index contributed by atoms with van der Waals surface area (Å²) in [5.41, 5.74) is 11.5. The summed E-state index contributed by atoms with van der Waals surface area (Å²) in [5.74, 6) is -0.812. The van der Waals surface area contributed by atoms with Gasteiger partial charge in [0, 0.05) is 19.9 Å². The minimum atomic E-state index is -0.890. The first-order chi connectivity index (χ1) is 15.9. The van der Waals surface area contributed by atoms with Gasteiger partial charge in [-0.05, 0) is 74.9 Å². The van der Waals surface area contributed by atoms with Crippen molar-refractivity contribution in [3.63, 3.8) is 0 Å². The van der Waals surface area contributed by atoms with Crippen LogP contribution in [0.25, 0.3) is 0 Å². The van der Waals surface area contributed by atoms with Gasteiger partial charge in [0.1, 0.15) is 5.75 Å². The van der Waals surface area contributed by atoms with E-state index in [9.17, 15) is 19.5 Å². The highest BCUT2D eigenvalue weighted by molar-refractivity contribution is 5.83. The number of amides is 3. The number of nitrogens with zero attached hydrogens (tertiary/aromatic N) is 1. The van der Waals surface area contributed by atoms with E-state index in [1.54, 1.807) is 26.0 Å². The predicted octanol–water partition coefficient (Wildman–Crippen LogP) is 2.29. The molecule has 184 valence electrons. The lowest BCUT2D eigenvalue weighted by molar-refractivity contribution is -0.148. The van der Waals surface area contributed by atoms with Gasteiger partial charge in [-0.1, -0.05) is 30.3 Å². The quantitative estimate of drug-likeness (QED) is 0.420. The minimum Gasteiger partial charge on any atom is -0.508 e. The molecule has 0 unspecified atom stereocenters. The second-order valence-electron chi connectivity index (χ2n) is 9.28. The summed E-state index contributed by atoms with van der Waals surface area (Å²) >= 11 is 0. The van der Waals surface area contributed by atoms with E-state index in [2.05, 4.69) is 10.7 Å². The molecule has 2 aromatic carbocycles. The Morgan fingerprint density at radius 3 is 2.24 bits per heavy atom. The third-order valence-electron chi connectivity index (χ3n) is 5.73. The SMILES string of the molecule is CC(=O)NN(C(=O)CCc1ccccc1)C(C)(C)CNC(=O)[C@@H](N)Cc1c(C)cc(O)cc1C. The summed E-state index contributed by atoms with van der Waals surface area (Å²) in [6.45, 7) is 8.70. The largest absolute Gasteiger partial charge is 0.508 e. The summed E-state index contributed by atoms with van der Waals surface area (Å²) < 4.78 is 0. The molecule has 0 saturated heterocycles. The van der Waals surface area contributed by atoms with E-state index >= 15 is 0 Å². The van der Waals surface area contributed by atoms with Crippen molar-refractivity contribution in [2.45, 2.75) is 65.5 Å². The third-order valence-corrected chi connectivity index (χ3v) is 5.73. The number of aromatic hydroxyl groups is 1. The average Bonchev–Trinajstić information content (AvgIpc) is 2.77. The monoisotopic (exact) mass is 468 g/mol. The van der Waals surface area contributed by atoms with E-state index in [0.29, 0.717) is 12.8 Å². The standard InChI is InChI=1S/C26H36N4O4/c1-17-13-21(32)14-18(2)22(17)15-23(27)25(34)28-16-26(4,5)30(29-19(3)31)24(33)12-11-20-9-7-6-8-10-20/h6-10,13-14,23,32H,11-12,15-16,27H2,1-5H3,(H,28,34)(H,29,31)/t23-/m0/s1. The van der Waals surface area contributed by atoms with Gasteiger partial charge in [0.2, 0.25) is 17.7 Å². The molecule has 0 saturated carbocycles. The van der Waals surface area contributed by atoms with Gasteiger partial charge in [0.25, 0.3) is 0 Å². The summed E-state index contributed by atoms with van der Waals surface area (Å²) in [6, 6.07) is 12.1. The van der Waals surface area contributed by atoms with Crippen molar-refractivity contribution in [1.29, 1.82) is 0 Å². The van der Waals surface area contributed by atoms with Crippen molar-refractivity contribution in [3.8, 4) is 5.75 Å². The van der Waals surface area contributed by atoms with E-state index in [-0.39, 0.29) is 36.4 Å². The molecule has 0 bridgehead atoms. The molecule has 0 fully saturated rings. The first-order valence-electron chi connectivity index (χ1n) is 11.4. The number of rotatable bonds is 9. The number of benzene rings is 2. The summed E-state index contributed by atoms with van der Waals surface area (Å²) in [4.78, 5) is 37.5. The fourth-order valence-electron chi connectivity index (χ4n) is 3.84. The number of hydrazine groups is 1. The topological polar surface area (TPSA) is 125 Å². The van der Waals surface area contributed by atoms with Gasteiger partial charge in [-0.25, -0.2) is 5.01 Å². The first kappa shape index (κ1) is 26.9. The molecule has 34 heavy (non-hydrogen) atoms. The Bertz CT molecular complexity index is 998. The summed E-state index contributed by atoms with van der Waals surface area (Å²) in [5, 5.41) is 13.8.